The summed E-state index contributed by atoms with van der Waals surface area (Å²) < 4.78 is 0.908. The maximum absolute atomic E-state index is 11.1. The number of hydrogen-bond acceptors (Lipinski definition) is 1. The van der Waals surface area contributed by atoms with E-state index in [-0.39, 0.29) is 5.92 Å². The van der Waals surface area contributed by atoms with Gasteiger partial charge in [0.15, 0.2) is 0 Å². The molecule has 1 aliphatic rings. The number of hydrogen-bond donors (Lipinski definition) is 0. The monoisotopic (exact) mass is 272 g/mol. The maximum Gasteiger partial charge on any atom is 0.133 e. The predicted octanol–water partition coefficient (Wildman–Crippen LogP) is 3.80. The van der Waals surface area contributed by atoms with Crippen molar-refractivity contribution >= 4 is 33.3 Å². The summed E-state index contributed by atoms with van der Waals surface area (Å²) in [6.45, 7) is 1.66. The fourth-order valence-electron chi connectivity index (χ4n) is 1.76. The average molecular weight is 274 g/mol. The molecular weight excluding hydrogens is 263 g/mol. The molecule has 0 heterocycles. The normalized spacial score (nSPS) is 24.8. The Kier molecular flexibility index (Phi) is 2.67. The van der Waals surface area contributed by atoms with Gasteiger partial charge in [0.2, 0.25) is 0 Å². The van der Waals surface area contributed by atoms with Crippen LogP contribution in [0.4, 0.5) is 0 Å². The van der Waals surface area contributed by atoms with E-state index in [0.29, 0.717) is 16.7 Å². The lowest BCUT2D eigenvalue weighted by atomic mass is 10.1. The summed E-state index contributed by atoms with van der Waals surface area (Å²) in [7, 11) is 0. The molecule has 74 valence electrons. The van der Waals surface area contributed by atoms with Crippen molar-refractivity contribution in [3.05, 3.63) is 33.3 Å². The molecule has 0 radical (unpaired) electrons. The Morgan fingerprint density at radius 3 is 2.79 bits per heavy atom. The topological polar surface area (TPSA) is 17.1 Å². The zero-order chi connectivity index (χ0) is 10.3. The first-order chi connectivity index (χ1) is 6.59. The van der Waals surface area contributed by atoms with Crippen LogP contribution in [0, 0.1) is 5.92 Å². The van der Waals surface area contributed by atoms with Crippen LogP contribution in [0.5, 0.6) is 0 Å². The highest BCUT2D eigenvalue weighted by Crippen LogP contribution is 2.48. The molecule has 1 saturated carbocycles. The SMILES string of the molecule is CC(=O)C1CC1c1ccc(Cl)c(Br)c1. The van der Waals surface area contributed by atoms with Gasteiger partial charge in [0.25, 0.3) is 0 Å². The van der Waals surface area contributed by atoms with Crippen LogP contribution in [0.2, 0.25) is 5.02 Å². The summed E-state index contributed by atoms with van der Waals surface area (Å²) in [5.41, 5.74) is 1.21. The lowest BCUT2D eigenvalue weighted by Crippen LogP contribution is -1.94. The Labute approximate surface area is 96.6 Å². The fourth-order valence-corrected chi connectivity index (χ4v) is 2.27. The molecule has 0 spiro atoms. The Hall–Kier alpha value is -0.340. The van der Waals surface area contributed by atoms with Gasteiger partial charge in [-0.2, -0.15) is 0 Å². The van der Waals surface area contributed by atoms with Crippen molar-refractivity contribution in [3.8, 4) is 0 Å². The Balaban J connectivity index is 2.20. The second kappa shape index (κ2) is 3.67. The van der Waals surface area contributed by atoms with Crippen molar-refractivity contribution in [3.63, 3.8) is 0 Å². The van der Waals surface area contributed by atoms with E-state index >= 15 is 0 Å². The van der Waals surface area contributed by atoms with Gasteiger partial charge in [-0.05, 0) is 52.9 Å². The minimum atomic E-state index is 0.239. The largest absolute Gasteiger partial charge is 0.300 e. The minimum absolute atomic E-state index is 0.239. The smallest absolute Gasteiger partial charge is 0.133 e. The van der Waals surface area contributed by atoms with Crippen molar-refractivity contribution < 1.29 is 4.79 Å². The zero-order valence-corrected chi connectivity index (χ0v) is 10.1. The molecule has 1 fully saturated rings. The predicted molar refractivity (Wildman–Crippen MR) is 60.7 cm³/mol. The molecule has 2 unspecified atom stereocenters. The summed E-state index contributed by atoms with van der Waals surface area (Å²) in [5, 5.41) is 0.716. The standard InChI is InChI=1S/C11H10BrClO/c1-6(14)8-5-9(8)7-2-3-11(13)10(12)4-7/h2-4,8-9H,5H2,1H3. The number of carbonyl (C=O) groups is 1. The molecule has 0 N–H and O–H groups in total. The van der Waals surface area contributed by atoms with E-state index in [2.05, 4.69) is 15.9 Å². The highest BCUT2D eigenvalue weighted by Gasteiger charge is 2.41. The molecule has 0 aromatic heterocycles. The summed E-state index contributed by atoms with van der Waals surface area (Å²) in [6, 6.07) is 5.88. The maximum atomic E-state index is 11.1. The molecule has 0 amide bonds. The van der Waals surface area contributed by atoms with Crippen LogP contribution in [0.25, 0.3) is 0 Å². The second-order valence-corrected chi connectivity index (χ2v) is 4.99. The molecule has 0 aliphatic heterocycles. The third-order valence-electron chi connectivity index (χ3n) is 2.68. The molecule has 0 bridgehead atoms. The van der Waals surface area contributed by atoms with Crippen molar-refractivity contribution in [2.45, 2.75) is 19.3 Å². The van der Waals surface area contributed by atoms with E-state index in [9.17, 15) is 4.79 Å². The van der Waals surface area contributed by atoms with Crippen LogP contribution in [-0.4, -0.2) is 5.78 Å². The number of benzene rings is 1. The summed E-state index contributed by atoms with van der Waals surface area (Å²) in [5.74, 6) is 0.949. The minimum Gasteiger partial charge on any atom is -0.300 e. The molecule has 3 heteroatoms. The van der Waals surface area contributed by atoms with Crippen LogP contribution >= 0.6 is 27.5 Å². The van der Waals surface area contributed by atoms with Gasteiger partial charge in [0.1, 0.15) is 5.78 Å². The quantitative estimate of drug-likeness (QED) is 0.801. The van der Waals surface area contributed by atoms with E-state index in [1.54, 1.807) is 6.92 Å². The number of halogens is 2. The highest BCUT2D eigenvalue weighted by molar-refractivity contribution is 9.10. The lowest BCUT2D eigenvalue weighted by Gasteiger charge is -2.01. The lowest BCUT2D eigenvalue weighted by molar-refractivity contribution is -0.118. The Bertz CT molecular complexity index is 389. The summed E-state index contributed by atoms with van der Waals surface area (Å²) in [4.78, 5) is 11.1. The first-order valence-corrected chi connectivity index (χ1v) is 5.72. The molecule has 2 atom stereocenters. The van der Waals surface area contributed by atoms with Gasteiger partial charge in [-0.1, -0.05) is 17.7 Å². The van der Waals surface area contributed by atoms with E-state index in [1.807, 2.05) is 18.2 Å². The average Bonchev–Trinajstić information content (AvgIpc) is 2.89. The highest BCUT2D eigenvalue weighted by atomic mass is 79.9. The van der Waals surface area contributed by atoms with Crippen molar-refractivity contribution in [1.82, 2.24) is 0 Å². The van der Waals surface area contributed by atoms with E-state index in [1.165, 1.54) is 5.56 Å². The van der Waals surface area contributed by atoms with Gasteiger partial charge in [0.05, 0.1) is 5.02 Å². The van der Waals surface area contributed by atoms with Gasteiger partial charge in [-0.15, -0.1) is 0 Å². The molecule has 2 rings (SSSR count). The summed E-state index contributed by atoms with van der Waals surface area (Å²) >= 11 is 9.27. The van der Waals surface area contributed by atoms with Crippen molar-refractivity contribution in [2.75, 3.05) is 0 Å². The fraction of sp³-hybridized carbons (Fsp3) is 0.364. The van der Waals surface area contributed by atoms with Gasteiger partial charge in [-0.3, -0.25) is 4.79 Å². The second-order valence-electron chi connectivity index (χ2n) is 3.73. The Morgan fingerprint density at radius 1 is 1.57 bits per heavy atom. The number of ketones is 1. The molecular formula is C11H10BrClO. The van der Waals surface area contributed by atoms with Gasteiger partial charge in [-0.25, -0.2) is 0 Å². The number of rotatable bonds is 2. The third kappa shape index (κ3) is 1.86. The zero-order valence-electron chi connectivity index (χ0n) is 7.76. The van der Waals surface area contributed by atoms with Gasteiger partial charge in [0, 0.05) is 10.4 Å². The molecule has 0 saturated heterocycles. The van der Waals surface area contributed by atoms with E-state index in [0.717, 1.165) is 10.9 Å². The van der Waals surface area contributed by atoms with E-state index in [4.69, 9.17) is 11.6 Å². The number of Topliss-reactive ketones (excluding diaryl/α,β-unsaturated/α-hetero) is 1. The molecule has 14 heavy (non-hydrogen) atoms. The molecule has 1 aliphatic carbocycles. The first kappa shape index (κ1) is 10.2. The van der Waals surface area contributed by atoms with Crippen molar-refractivity contribution in [2.24, 2.45) is 5.92 Å². The molecule has 1 nitrogen and oxygen atoms in total. The molecule has 1 aromatic carbocycles. The van der Waals surface area contributed by atoms with E-state index < -0.39 is 0 Å². The van der Waals surface area contributed by atoms with Crippen LogP contribution in [0.3, 0.4) is 0 Å². The van der Waals surface area contributed by atoms with Crippen LogP contribution in [-0.2, 0) is 4.79 Å². The molecule has 1 aromatic rings. The van der Waals surface area contributed by atoms with Crippen molar-refractivity contribution in [1.29, 1.82) is 0 Å². The van der Waals surface area contributed by atoms with Crippen LogP contribution in [0.15, 0.2) is 22.7 Å². The van der Waals surface area contributed by atoms with Gasteiger partial charge >= 0.3 is 0 Å². The van der Waals surface area contributed by atoms with Crippen LogP contribution in [0.1, 0.15) is 24.8 Å². The summed E-state index contributed by atoms with van der Waals surface area (Å²) in [6.07, 6.45) is 0.989. The van der Waals surface area contributed by atoms with Gasteiger partial charge < -0.3 is 0 Å². The van der Waals surface area contributed by atoms with Crippen LogP contribution < -0.4 is 0 Å². The first-order valence-electron chi connectivity index (χ1n) is 4.55. The number of carbonyl (C=O) groups excluding carboxylic acids is 1. The third-order valence-corrected chi connectivity index (χ3v) is 3.90. The Morgan fingerprint density at radius 2 is 2.29 bits per heavy atom.